The van der Waals surface area contributed by atoms with E-state index >= 15 is 0 Å². The Morgan fingerprint density at radius 1 is 1.39 bits per heavy atom. The van der Waals surface area contributed by atoms with E-state index in [1.807, 2.05) is 6.92 Å². The maximum Gasteiger partial charge on any atom is 0.348 e. The topological polar surface area (TPSA) is 124 Å². The molecular weight excluding hydrogens is 440 g/mol. The van der Waals surface area contributed by atoms with Crippen molar-refractivity contribution in [1.82, 2.24) is 25.3 Å². The number of nitrogens with zero attached hydrogens (tertiary/aromatic N) is 4. The van der Waals surface area contributed by atoms with E-state index in [1.54, 1.807) is 6.07 Å². The summed E-state index contributed by atoms with van der Waals surface area (Å²) in [6.07, 6.45) is 5.25. The number of H-pyrrole nitrogens is 1. The largest absolute Gasteiger partial charge is 0.477 e. The van der Waals surface area contributed by atoms with Crippen molar-refractivity contribution in [1.29, 1.82) is 0 Å². The highest BCUT2D eigenvalue weighted by atomic mass is 35.5. The minimum absolute atomic E-state index is 0.00972. The van der Waals surface area contributed by atoms with Gasteiger partial charge in [-0.15, -0.1) is 0 Å². The molecule has 3 N–H and O–H groups in total. The second-order valence-corrected chi connectivity index (χ2v) is 8.90. The summed E-state index contributed by atoms with van der Waals surface area (Å²) >= 11 is 7.17. The van der Waals surface area contributed by atoms with Crippen LogP contribution in [0.4, 0.5) is 5.13 Å². The molecule has 0 unspecified atom stereocenters. The first-order valence-corrected chi connectivity index (χ1v) is 10.9. The molecule has 1 amide bonds. The Balaban J connectivity index is 1.47. The van der Waals surface area contributed by atoms with Crippen LogP contribution in [0.5, 0.6) is 0 Å². The van der Waals surface area contributed by atoms with Crippen molar-refractivity contribution >= 4 is 39.9 Å². The molecule has 3 aromatic heterocycles. The highest BCUT2D eigenvalue weighted by molar-refractivity contribution is 7.17. The molecule has 4 heterocycles. The van der Waals surface area contributed by atoms with Crippen molar-refractivity contribution in [2.75, 3.05) is 18.0 Å². The van der Waals surface area contributed by atoms with Gasteiger partial charge in [-0.1, -0.05) is 29.9 Å². The average Bonchev–Trinajstić information content (AvgIpc) is 3.34. The zero-order valence-corrected chi connectivity index (χ0v) is 18.5. The summed E-state index contributed by atoms with van der Waals surface area (Å²) in [4.78, 5) is 42.2. The minimum atomic E-state index is -1.04. The molecule has 0 spiro atoms. The van der Waals surface area contributed by atoms with Gasteiger partial charge in [0.25, 0.3) is 5.91 Å². The average molecular weight is 461 g/mol. The number of halogens is 1. The number of hydrogen-bond acceptors (Lipinski definition) is 7. The molecule has 0 radical (unpaired) electrons. The Bertz CT molecular complexity index is 1100. The van der Waals surface area contributed by atoms with Gasteiger partial charge in [0.15, 0.2) is 5.13 Å². The first kappa shape index (κ1) is 21.3. The van der Waals surface area contributed by atoms with Crippen LogP contribution in [0.3, 0.4) is 0 Å². The molecule has 11 heteroatoms. The fraction of sp³-hybridized carbons (Fsp3) is 0.350. The van der Waals surface area contributed by atoms with E-state index < -0.39 is 5.97 Å². The fourth-order valence-corrected chi connectivity index (χ4v) is 4.72. The van der Waals surface area contributed by atoms with Gasteiger partial charge in [-0.3, -0.25) is 14.8 Å². The van der Waals surface area contributed by atoms with E-state index in [1.165, 1.54) is 18.6 Å². The van der Waals surface area contributed by atoms with Crippen LogP contribution in [0.2, 0.25) is 5.02 Å². The number of nitrogens with one attached hydrogen (secondary N) is 2. The SMILES string of the molecule is Cc1[nH]c(C(=O)N[C@@H]2CCN(c3nc(-c4cnccn4)c(C(=O)O)s3)C[C@@H]2C)cc1Cl. The van der Waals surface area contributed by atoms with E-state index in [0.717, 1.165) is 17.0 Å². The van der Waals surface area contributed by atoms with Crippen molar-refractivity contribution in [2.45, 2.75) is 26.3 Å². The Morgan fingerprint density at radius 2 is 2.19 bits per heavy atom. The van der Waals surface area contributed by atoms with E-state index in [9.17, 15) is 14.7 Å². The number of carbonyl (C=O) groups excluding carboxylic acids is 1. The molecule has 4 rings (SSSR count). The summed E-state index contributed by atoms with van der Waals surface area (Å²) in [7, 11) is 0. The lowest BCUT2D eigenvalue weighted by Gasteiger charge is -2.37. The van der Waals surface area contributed by atoms with E-state index in [0.29, 0.717) is 46.7 Å². The van der Waals surface area contributed by atoms with E-state index in [4.69, 9.17) is 11.6 Å². The second-order valence-electron chi connectivity index (χ2n) is 7.52. The lowest BCUT2D eigenvalue weighted by Crippen LogP contribution is -2.50. The van der Waals surface area contributed by atoms with Crippen molar-refractivity contribution in [3.8, 4) is 11.4 Å². The zero-order chi connectivity index (χ0) is 22.1. The minimum Gasteiger partial charge on any atom is -0.477 e. The summed E-state index contributed by atoms with van der Waals surface area (Å²) in [6.45, 7) is 5.16. The van der Waals surface area contributed by atoms with Crippen LogP contribution in [0.15, 0.2) is 24.7 Å². The Kier molecular flexibility index (Phi) is 5.92. The van der Waals surface area contributed by atoms with Crippen LogP contribution in [0.25, 0.3) is 11.4 Å². The van der Waals surface area contributed by atoms with Gasteiger partial charge in [0.05, 0.1) is 11.2 Å². The number of aromatic carboxylic acids is 1. The molecule has 0 aliphatic carbocycles. The molecule has 9 nitrogen and oxygen atoms in total. The number of hydrogen-bond donors (Lipinski definition) is 3. The maximum atomic E-state index is 12.6. The standard InChI is InChI=1S/C20H21ClN6O3S/c1-10-9-27(6-3-13(10)25-18(28)14-7-12(21)11(2)24-14)20-26-16(17(31-20)19(29)30)15-8-22-4-5-23-15/h4-5,7-8,10,13,24H,3,6,9H2,1-2H3,(H,25,28)(H,29,30)/t10-,13+/m0/s1. The van der Waals surface area contributed by atoms with Crippen molar-refractivity contribution in [3.05, 3.63) is 45.9 Å². The van der Waals surface area contributed by atoms with Crippen molar-refractivity contribution in [3.63, 3.8) is 0 Å². The number of amides is 1. The molecule has 1 aliphatic heterocycles. The Hall–Kier alpha value is -2.98. The highest BCUT2D eigenvalue weighted by Crippen LogP contribution is 2.34. The van der Waals surface area contributed by atoms with Gasteiger partial charge in [0, 0.05) is 37.2 Å². The first-order chi connectivity index (χ1) is 14.8. The van der Waals surface area contributed by atoms with Crippen LogP contribution in [-0.2, 0) is 0 Å². The van der Waals surface area contributed by atoms with Gasteiger partial charge in [-0.2, -0.15) is 0 Å². The predicted molar refractivity (Wildman–Crippen MR) is 118 cm³/mol. The normalized spacial score (nSPS) is 18.7. The van der Waals surface area contributed by atoms with E-state index in [-0.39, 0.29) is 22.7 Å². The number of carbonyl (C=O) groups is 2. The van der Waals surface area contributed by atoms with Gasteiger partial charge in [0.1, 0.15) is 22.0 Å². The summed E-state index contributed by atoms with van der Waals surface area (Å²) < 4.78 is 0. The van der Waals surface area contributed by atoms with Gasteiger partial charge >= 0.3 is 5.97 Å². The highest BCUT2D eigenvalue weighted by Gasteiger charge is 2.31. The lowest BCUT2D eigenvalue weighted by molar-refractivity contribution is 0.0702. The summed E-state index contributed by atoms with van der Waals surface area (Å²) in [5.41, 5.74) is 1.95. The van der Waals surface area contributed by atoms with Gasteiger partial charge in [-0.05, 0) is 25.3 Å². The number of aromatic nitrogens is 4. The second kappa shape index (κ2) is 8.64. The monoisotopic (exact) mass is 460 g/mol. The first-order valence-electron chi connectivity index (χ1n) is 9.75. The van der Waals surface area contributed by atoms with Crippen LogP contribution in [0.1, 0.15) is 39.2 Å². The number of aryl methyl sites for hydroxylation is 1. The number of piperidine rings is 1. The van der Waals surface area contributed by atoms with Crippen molar-refractivity contribution < 1.29 is 14.7 Å². The summed E-state index contributed by atoms with van der Waals surface area (Å²) in [5.74, 6) is -1.09. The molecule has 0 saturated carbocycles. The fourth-order valence-electron chi connectivity index (χ4n) is 3.62. The number of aromatic amines is 1. The quantitative estimate of drug-likeness (QED) is 0.533. The molecule has 1 aliphatic rings. The summed E-state index contributed by atoms with van der Waals surface area (Å²) in [5, 5.41) is 13.8. The number of carboxylic acids is 1. The molecule has 0 bridgehead atoms. The van der Waals surface area contributed by atoms with Crippen LogP contribution >= 0.6 is 22.9 Å². The molecule has 3 aromatic rings. The smallest absolute Gasteiger partial charge is 0.348 e. The van der Waals surface area contributed by atoms with Gasteiger partial charge in [-0.25, -0.2) is 9.78 Å². The van der Waals surface area contributed by atoms with E-state index in [2.05, 4.69) is 37.1 Å². The van der Waals surface area contributed by atoms with Crippen LogP contribution in [-0.4, -0.2) is 56.1 Å². The zero-order valence-electron chi connectivity index (χ0n) is 16.9. The third-order valence-corrected chi connectivity index (χ3v) is 6.80. The Morgan fingerprint density at radius 3 is 2.81 bits per heavy atom. The third-order valence-electron chi connectivity index (χ3n) is 5.30. The molecule has 1 fully saturated rings. The number of carboxylic acid groups (broad SMARTS) is 1. The van der Waals surface area contributed by atoms with Crippen LogP contribution < -0.4 is 10.2 Å². The number of thiazole rings is 1. The molecule has 1 saturated heterocycles. The molecule has 162 valence electrons. The number of rotatable bonds is 5. The summed E-state index contributed by atoms with van der Waals surface area (Å²) in [6, 6.07) is 1.62. The molecular formula is C20H21ClN6O3S. The maximum absolute atomic E-state index is 12.6. The predicted octanol–water partition coefficient (Wildman–Crippen LogP) is 3.23. The van der Waals surface area contributed by atoms with Crippen molar-refractivity contribution in [2.24, 2.45) is 5.92 Å². The van der Waals surface area contributed by atoms with Gasteiger partial charge in [0.2, 0.25) is 0 Å². The number of anilines is 1. The molecule has 0 aromatic carbocycles. The Labute approximate surface area is 187 Å². The molecule has 2 atom stereocenters. The lowest BCUT2D eigenvalue weighted by atomic mass is 9.94. The molecule has 31 heavy (non-hydrogen) atoms. The third kappa shape index (κ3) is 4.40. The van der Waals surface area contributed by atoms with Gasteiger partial charge < -0.3 is 20.3 Å². The van der Waals surface area contributed by atoms with Crippen LogP contribution in [0, 0.1) is 12.8 Å².